The molecular weight excluding hydrogens is 298 g/mol. The number of aliphatic hydroxyl groups is 2. The Morgan fingerprint density at radius 2 is 2.30 bits per heavy atom. The summed E-state index contributed by atoms with van der Waals surface area (Å²) < 4.78 is 6.82. The zero-order valence-electron chi connectivity index (χ0n) is 13.4. The highest BCUT2D eigenvalue weighted by Crippen LogP contribution is 2.28. The maximum atomic E-state index is 12.0. The third kappa shape index (κ3) is 4.40. The number of allylic oxidation sites excluding steroid dienone is 1. The van der Waals surface area contributed by atoms with Crippen molar-refractivity contribution in [2.75, 3.05) is 12.3 Å². The summed E-state index contributed by atoms with van der Waals surface area (Å²) in [6.07, 6.45) is 7.95. The fourth-order valence-electron chi connectivity index (χ4n) is 2.60. The highest BCUT2D eigenvalue weighted by Gasteiger charge is 2.35. The van der Waals surface area contributed by atoms with Gasteiger partial charge < -0.3 is 20.7 Å². The van der Waals surface area contributed by atoms with Gasteiger partial charge in [0.05, 0.1) is 12.7 Å². The zero-order chi connectivity index (χ0) is 16.8. The summed E-state index contributed by atoms with van der Waals surface area (Å²) in [5.41, 5.74) is 5.92. The number of anilines is 1. The van der Waals surface area contributed by atoms with Gasteiger partial charge >= 0.3 is 5.69 Å². The van der Waals surface area contributed by atoms with Gasteiger partial charge in [-0.3, -0.25) is 4.57 Å². The SMILES string of the molecule is CCCCCC=Cc1cn([C@H]2C[C@H](O)[C@@H](CO)O2)c(=O)nc1N. The van der Waals surface area contributed by atoms with Crippen molar-refractivity contribution < 1.29 is 14.9 Å². The van der Waals surface area contributed by atoms with Gasteiger partial charge in [-0.05, 0) is 12.8 Å². The van der Waals surface area contributed by atoms with E-state index >= 15 is 0 Å². The van der Waals surface area contributed by atoms with E-state index in [4.69, 9.17) is 15.6 Å². The molecule has 0 unspecified atom stereocenters. The highest BCUT2D eigenvalue weighted by molar-refractivity contribution is 5.59. The second kappa shape index (κ2) is 8.24. The molecule has 0 saturated carbocycles. The molecule has 1 aliphatic rings. The number of nitrogens with zero attached hydrogens (tertiary/aromatic N) is 2. The molecular formula is C16H25N3O4. The number of aromatic nitrogens is 2. The van der Waals surface area contributed by atoms with Crippen molar-refractivity contribution in [1.82, 2.24) is 9.55 Å². The van der Waals surface area contributed by atoms with E-state index in [-0.39, 0.29) is 18.8 Å². The van der Waals surface area contributed by atoms with Crippen molar-refractivity contribution in [2.24, 2.45) is 0 Å². The molecule has 0 radical (unpaired) electrons. The van der Waals surface area contributed by atoms with E-state index in [1.807, 2.05) is 12.2 Å². The zero-order valence-corrected chi connectivity index (χ0v) is 13.4. The third-order valence-electron chi connectivity index (χ3n) is 3.98. The van der Waals surface area contributed by atoms with Gasteiger partial charge in [-0.1, -0.05) is 31.9 Å². The molecule has 1 aromatic rings. The normalized spacial score (nSPS) is 24.6. The fraction of sp³-hybridized carbons (Fsp3) is 0.625. The highest BCUT2D eigenvalue weighted by atomic mass is 16.5. The lowest BCUT2D eigenvalue weighted by molar-refractivity contribution is -0.0458. The number of unbranched alkanes of at least 4 members (excludes halogenated alkanes) is 3. The number of nitrogen functional groups attached to an aromatic ring is 1. The number of ether oxygens (including phenoxy) is 1. The fourth-order valence-corrected chi connectivity index (χ4v) is 2.60. The quantitative estimate of drug-likeness (QED) is 0.647. The van der Waals surface area contributed by atoms with Crippen LogP contribution in [0.2, 0.25) is 0 Å². The number of hydrogen-bond acceptors (Lipinski definition) is 6. The molecule has 2 heterocycles. The van der Waals surface area contributed by atoms with Gasteiger partial charge in [0.2, 0.25) is 0 Å². The standard InChI is InChI=1S/C16H25N3O4/c1-2-3-4-5-6-7-11-9-19(16(22)18-15(11)17)14-8-12(21)13(10-20)23-14/h6-7,9,12-14,20-21H,2-5,8,10H2,1H3,(H2,17,18,22)/t12-,13+,14+/m0/s1. The van der Waals surface area contributed by atoms with E-state index in [0.717, 1.165) is 19.3 Å². The molecule has 0 aliphatic carbocycles. The van der Waals surface area contributed by atoms with Crippen LogP contribution in [0, 0.1) is 0 Å². The molecule has 7 nitrogen and oxygen atoms in total. The summed E-state index contributed by atoms with van der Waals surface area (Å²) in [6, 6.07) is 0. The molecule has 1 saturated heterocycles. The average molecular weight is 323 g/mol. The third-order valence-corrected chi connectivity index (χ3v) is 3.98. The van der Waals surface area contributed by atoms with Crippen LogP contribution in [0.15, 0.2) is 17.1 Å². The first-order chi connectivity index (χ1) is 11.1. The minimum atomic E-state index is -0.803. The second-order valence-electron chi connectivity index (χ2n) is 5.78. The molecule has 0 amide bonds. The Morgan fingerprint density at radius 1 is 1.52 bits per heavy atom. The minimum Gasteiger partial charge on any atom is -0.394 e. The van der Waals surface area contributed by atoms with Gasteiger partial charge in [0.25, 0.3) is 0 Å². The van der Waals surface area contributed by atoms with Gasteiger partial charge in [0, 0.05) is 18.2 Å². The molecule has 7 heteroatoms. The Bertz CT molecular complexity index is 599. The van der Waals surface area contributed by atoms with Crippen LogP contribution < -0.4 is 11.4 Å². The Morgan fingerprint density at radius 3 is 2.96 bits per heavy atom. The van der Waals surface area contributed by atoms with Gasteiger partial charge in [0.15, 0.2) is 0 Å². The van der Waals surface area contributed by atoms with E-state index < -0.39 is 24.1 Å². The van der Waals surface area contributed by atoms with Gasteiger partial charge in [-0.15, -0.1) is 0 Å². The predicted molar refractivity (Wildman–Crippen MR) is 87.7 cm³/mol. The molecule has 1 aromatic heterocycles. The predicted octanol–water partition coefficient (Wildman–Crippen LogP) is 1.06. The molecule has 2 rings (SSSR count). The Hall–Kier alpha value is -1.70. The van der Waals surface area contributed by atoms with Crippen LogP contribution >= 0.6 is 0 Å². The average Bonchev–Trinajstić information content (AvgIpc) is 2.89. The van der Waals surface area contributed by atoms with Crippen LogP contribution in [-0.4, -0.2) is 38.6 Å². The summed E-state index contributed by atoms with van der Waals surface area (Å²) in [6.45, 7) is 1.86. The van der Waals surface area contributed by atoms with Crippen LogP contribution in [0.4, 0.5) is 5.82 Å². The van der Waals surface area contributed by atoms with Crippen molar-refractivity contribution in [3.05, 3.63) is 28.3 Å². The van der Waals surface area contributed by atoms with Gasteiger partial charge in [0.1, 0.15) is 18.1 Å². The van der Waals surface area contributed by atoms with E-state index in [1.54, 1.807) is 6.20 Å². The number of hydrogen-bond donors (Lipinski definition) is 3. The van der Waals surface area contributed by atoms with E-state index in [9.17, 15) is 9.90 Å². The lowest BCUT2D eigenvalue weighted by Gasteiger charge is -2.15. The molecule has 0 aromatic carbocycles. The summed E-state index contributed by atoms with van der Waals surface area (Å²) in [5.74, 6) is 0.176. The molecule has 128 valence electrons. The molecule has 0 spiro atoms. The van der Waals surface area contributed by atoms with Crippen LogP contribution in [0.1, 0.15) is 50.8 Å². The largest absolute Gasteiger partial charge is 0.394 e. The van der Waals surface area contributed by atoms with Gasteiger partial charge in [-0.2, -0.15) is 4.98 Å². The lowest BCUT2D eigenvalue weighted by atomic mass is 10.1. The number of nitrogens with two attached hydrogens (primary N) is 1. The number of aliphatic hydroxyl groups excluding tert-OH is 2. The lowest BCUT2D eigenvalue weighted by Crippen LogP contribution is -2.28. The molecule has 4 N–H and O–H groups in total. The van der Waals surface area contributed by atoms with Crippen LogP contribution in [0.5, 0.6) is 0 Å². The van der Waals surface area contributed by atoms with Crippen LogP contribution in [0.25, 0.3) is 6.08 Å². The maximum Gasteiger partial charge on any atom is 0.351 e. The van der Waals surface area contributed by atoms with Crippen molar-refractivity contribution >= 4 is 11.9 Å². The molecule has 23 heavy (non-hydrogen) atoms. The topological polar surface area (TPSA) is 111 Å². The van der Waals surface area contributed by atoms with Crippen LogP contribution in [0.3, 0.4) is 0 Å². The van der Waals surface area contributed by atoms with E-state index in [2.05, 4.69) is 11.9 Å². The first-order valence-electron chi connectivity index (χ1n) is 8.06. The molecule has 0 bridgehead atoms. The number of rotatable bonds is 7. The van der Waals surface area contributed by atoms with Crippen molar-refractivity contribution in [2.45, 2.75) is 57.5 Å². The summed E-state index contributed by atoms with van der Waals surface area (Å²) in [5, 5.41) is 18.9. The molecule has 1 fully saturated rings. The second-order valence-corrected chi connectivity index (χ2v) is 5.78. The maximum absolute atomic E-state index is 12.0. The van der Waals surface area contributed by atoms with Crippen molar-refractivity contribution in [3.63, 3.8) is 0 Å². The van der Waals surface area contributed by atoms with Crippen LogP contribution in [-0.2, 0) is 4.74 Å². The summed E-state index contributed by atoms with van der Waals surface area (Å²) in [7, 11) is 0. The Kier molecular flexibility index (Phi) is 6.32. The van der Waals surface area contributed by atoms with E-state index in [0.29, 0.717) is 5.56 Å². The van der Waals surface area contributed by atoms with E-state index in [1.165, 1.54) is 11.0 Å². The molecule has 3 atom stereocenters. The Balaban J connectivity index is 2.15. The van der Waals surface area contributed by atoms with Crippen molar-refractivity contribution in [1.29, 1.82) is 0 Å². The van der Waals surface area contributed by atoms with Crippen molar-refractivity contribution in [3.8, 4) is 0 Å². The molecule has 1 aliphatic heterocycles. The first kappa shape index (κ1) is 17.7. The summed E-state index contributed by atoms with van der Waals surface area (Å²) in [4.78, 5) is 15.8. The smallest absolute Gasteiger partial charge is 0.351 e. The first-order valence-corrected chi connectivity index (χ1v) is 8.06. The summed E-state index contributed by atoms with van der Waals surface area (Å²) >= 11 is 0. The Labute approximate surface area is 135 Å². The van der Waals surface area contributed by atoms with Gasteiger partial charge in [-0.25, -0.2) is 4.79 Å². The minimum absolute atomic E-state index is 0.176. The monoisotopic (exact) mass is 323 g/mol.